The Bertz CT molecular complexity index is 297. The van der Waals surface area contributed by atoms with Crippen molar-refractivity contribution in [2.45, 2.75) is 13.3 Å². The SMILES string of the molecule is C=C(C)C(=O)SCCCS(=O)(=O)[O-].[Rb+]. The molecule has 0 aromatic heterocycles. The third-order valence-corrected chi connectivity index (χ3v) is 3.01. The first-order chi connectivity index (χ1) is 5.83. The molecule has 0 amide bonds. The molecule has 0 aromatic carbocycles. The number of rotatable bonds is 5. The molecule has 0 heterocycles. The zero-order chi connectivity index (χ0) is 10.5. The average molecular weight is 309 g/mol. The van der Waals surface area contributed by atoms with Crippen LogP contribution in [0.3, 0.4) is 0 Å². The molecule has 0 radical (unpaired) electrons. The van der Waals surface area contributed by atoms with E-state index in [1.165, 1.54) is 0 Å². The third-order valence-electron chi connectivity index (χ3n) is 1.12. The molecule has 0 unspecified atom stereocenters. The number of hydrogen-bond donors (Lipinski definition) is 0. The fraction of sp³-hybridized carbons (Fsp3) is 0.571. The van der Waals surface area contributed by atoms with Gasteiger partial charge in [-0.25, -0.2) is 8.42 Å². The van der Waals surface area contributed by atoms with E-state index < -0.39 is 15.9 Å². The van der Waals surface area contributed by atoms with Gasteiger partial charge in [0, 0.05) is 11.5 Å². The molecular weight excluding hydrogens is 298 g/mol. The molecule has 0 aliphatic heterocycles. The minimum Gasteiger partial charge on any atom is -0.748 e. The molecule has 0 aliphatic carbocycles. The Labute approximate surface area is 137 Å². The predicted molar refractivity (Wildman–Crippen MR) is 51.5 cm³/mol. The van der Waals surface area contributed by atoms with Crippen LogP contribution >= 0.6 is 11.8 Å². The van der Waals surface area contributed by atoms with E-state index in [9.17, 15) is 17.8 Å². The zero-order valence-corrected chi connectivity index (χ0v) is 14.8. The number of hydrogen-bond acceptors (Lipinski definition) is 5. The summed E-state index contributed by atoms with van der Waals surface area (Å²) in [6.45, 7) is 5.02. The first-order valence-corrected chi connectivity index (χ1v) is 6.15. The van der Waals surface area contributed by atoms with E-state index in [2.05, 4.69) is 6.58 Å². The Hall–Kier alpha value is 1.48. The van der Waals surface area contributed by atoms with Gasteiger partial charge in [0.05, 0.1) is 10.1 Å². The Kier molecular flexibility index (Phi) is 11.0. The van der Waals surface area contributed by atoms with E-state index in [4.69, 9.17) is 0 Å². The Balaban J connectivity index is 0. The van der Waals surface area contributed by atoms with Gasteiger partial charge in [0.2, 0.25) is 5.12 Å². The van der Waals surface area contributed by atoms with Crippen molar-refractivity contribution in [3.63, 3.8) is 0 Å². The van der Waals surface area contributed by atoms with E-state index in [1.807, 2.05) is 0 Å². The molecule has 0 spiro atoms. The summed E-state index contributed by atoms with van der Waals surface area (Å²) < 4.78 is 30.4. The summed E-state index contributed by atoms with van der Waals surface area (Å²) >= 11 is 0.983. The first kappa shape index (κ1) is 17.9. The second-order valence-corrected chi connectivity index (χ2v) is 5.12. The molecule has 14 heavy (non-hydrogen) atoms. The summed E-state index contributed by atoms with van der Waals surface area (Å²) in [4.78, 5) is 10.9. The molecule has 0 fully saturated rings. The van der Waals surface area contributed by atoms with E-state index in [0.29, 0.717) is 11.3 Å². The van der Waals surface area contributed by atoms with Gasteiger partial charge >= 0.3 is 58.2 Å². The van der Waals surface area contributed by atoms with Gasteiger partial charge in [0.1, 0.15) is 0 Å². The molecule has 0 aromatic rings. The quantitative estimate of drug-likeness (QED) is 0.326. The average Bonchev–Trinajstić information content (AvgIpc) is 1.95. The second kappa shape index (κ2) is 8.61. The monoisotopic (exact) mass is 308 g/mol. The van der Waals surface area contributed by atoms with Crippen molar-refractivity contribution in [3.05, 3.63) is 12.2 Å². The Morgan fingerprint density at radius 2 is 2.00 bits per heavy atom. The van der Waals surface area contributed by atoms with Crippen LogP contribution in [0.2, 0.25) is 0 Å². The van der Waals surface area contributed by atoms with Gasteiger partial charge in [0.25, 0.3) is 0 Å². The van der Waals surface area contributed by atoms with Gasteiger partial charge in [-0.1, -0.05) is 18.3 Å². The van der Waals surface area contributed by atoms with Crippen LogP contribution in [0.1, 0.15) is 13.3 Å². The number of carbonyl (C=O) groups excluding carboxylic acids is 1. The fourth-order valence-corrected chi connectivity index (χ4v) is 1.92. The van der Waals surface area contributed by atoms with Crippen molar-refractivity contribution < 1.29 is 76.0 Å². The summed E-state index contributed by atoms with van der Waals surface area (Å²) in [6, 6.07) is 0. The van der Waals surface area contributed by atoms with Crippen molar-refractivity contribution in [3.8, 4) is 0 Å². The van der Waals surface area contributed by atoms with Crippen molar-refractivity contribution in [1.29, 1.82) is 0 Å². The van der Waals surface area contributed by atoms with E-state index >= 15 is 0 Å². The molecule has 0 aliphatic rings. The van der Waals surface area contributed by atoms with Crippen LogP contribution in [0.15, 0.2) is 12.2 Å². The van der Waals surface area contributed by atoms with Gasteiger partial charge < -0.3 is 4.55 Å². The number of carbonyl (C=O) groups is 1. The zero-order valence-electron chi connectivity index (χ0n) is 8.28. The van der Waals surface area contributed by atoms with E-state index in [0.717, 1.165) is 11.8 Å². The topological polar surface area (TPSA) is 74.3 Å². The van der Waals surface area contributed by atoms with Crippen molar-refractivity contribution in [2.75, 3.05) is 11.5 Å². The molecule has 7 heteroatoms. The van der Waals surface area contributed by atoms with Crippen LogP contribution in [0, 0.1) is 0 Å². The molecule has 0 saturated carbocycles. The maximum absolute atomic E-state index is 10.9. The van der Waals surface area contributed by atoms with Crippen LogP contribution in [-0.4, -0.2) is 29.6 Å². The fourth-order valence-electron chi connectivity index (χ4n) is 0.524. The Morgan fingerprint density at radius 1 is 1.50 bits per heavy atom. The molecule has 0 N–H and O–H groups in total. The van der Waals surface area contributed by atoms with Crippen LogP contribution < -0.4 is 58.2 Å². The van der Waals surface area contributed by atoms with Gasteiger partial charge in [0.15, 0.2) is 0 Å². The van der Waals surface area contributed by atoms with Crippen LogP contribution in [0.5, 0.6) is 0 Å². The second-order valence-electron chi connectivity index (χ2n) is 2.53. The third kappa shape index (κ3) is 11.5. The molecule has 0 bridgehead atoms. The molecule has 0 atom stereocenters. The molecule has 4 nitrogen and oxygen atoms in total. The van der Waals surface area contributed by atoms with Gasteiger partial charge in [-0.05, 0) is 18.9 Å². The van der Waals surface area contributed by atoms with Crippen LogP contribution in [-0.2, 0) is 14.9 Å². The minimum atomic E-state index is -4.14. The predicted octanol–water partition coefficient (Wildman–Crippen LogP) is -2.24. The van der Waals surface area contributed by atoms with E-state index in [1.54, 1.807) is 6.92 Å². The summed E-state index contributed by atoms with van der Waals surface area (Å²) in [5.74, 6) is -0.0728. The number of thioether (sulfide) groups is 1. The first-order valence-electron chi connectivity index (χ1n) is 3.59. The van der Waals surface area contributed by atoms with Gasteiger partial charge in [-0.15, -0.1) is 0 Å². The molecular formula is C7H11O4RbS2. The molecule has 0 saturated heterocycles. The van der Waals surface area contributed by atoms with E-state index in [-0.39, 0.29) is 69.7 Å². The van der Waals surface area contributed by atoms with Gasteiger partial charge in [-0.2, -0.15) is 0 Å². The maximum atomic E-state index is 10.9. The minimum absolute atomic E-state index is 0. The summed E-state index contributed by atoms with van der Waals surface area (Å²) in [7, 11) is -4.14. The van der Waals surface area contributed by atoms with Crippen molar-refractivity contribution >= 4 is 27.0 Å². The molecule has 76 valence electrons. The Morgan fingerprint density at radius 3 is 2.36 bits per heavy atom. The van der Waals surface area contributed by atoms with Gasteiger partial charge in [-0.3, -0.25) is 4.79 Å². The largest absolute Gasteiger partial charge is 1.00 e. The van der Waals surface area contributed by atoms with Crippen LogP contribution in [0.25, 0.3) is 0 Å². The van der Waals surface area contributed by atoms with Crippen molar-refractivity contribution in [1.82, 2.24) is 0 Å². The summed E-state index contributed by atoms with van der Waals surface area (Å²) in [6.07, 6.45) is 0.204. The normalized spacial score (nSPS) is 10.4. The van der Waals surface area contributed by atoms with Crippen molar-refractivity contribution in [2.24, 2.45) is 0 Å². The summed E-state index contributed by atoms with van der Waals surface area (Å²) in [5.41, 5.74) is 0.426. The molecule has 0 rings (SSSR count). The maximum Gasteiger partial charge on any atom is 1.00 e. The summed E-state index contributed by atoms with van der Waals surface area (Å²) in [5, 5.41) is -0.164. The smallest absolute Gasteiger partial charge is 0.748 e. The van der Waals surface area contributed by atoms with Crippen LogP contribution in [0.4, 0.5) is 0 Å². The standard InChI is InChI=1S/C7H12O4S2.Rb/c1-6(2)7(8)12-4-3-5-13(9,10)11;/h1,3-5H2,2H3,(H,9,10,11);/q;+1/p-1.